The van der Waals surface area contributed by atoms with Crippen molar-refractivity contribution in [3.05, 3.63) is 29.8 Å². The highest BCUT2D eigenvalue weighted by molar-refractivity contribution is 5.26. The average molecular weight is 167 g/mol. The number of benzene rings is 1. The zero-order valence-electron chi connectivity index (χ0n) is 7.96. The molecule has 0 fully saturated rings. The zero-order valence-corrected chi connectivity index (χ0v) is 7.96. The van der Waals surface area contributed by atoms with Crippen molar-refractivity contribution in [2.45, 2.75) is 13.3 Å². The number of aryl methyl sites for hydroxylation is 1. The second kappa shape index (κ2) is 6.68. The van der Waals surface area contributed by atoms with Gasteiger partial charge in [-0.3, -0.25) is 0 Å². The van der Waals surface area contributed by atoms with E-state index >= 15 is 0 Å². The van der Waals surface area contributed by atoms with Gasteiger partial charge in [0.25, 0.3) is 0 Å². The molecule has 0 unspecified atom stereocenters. The van der Waals surface area contributed by atoms with Gasteiger partial charge in [-0.1, -0.05) is 19.1 Å². The lowest BCUT2D eigenvalue weighted by Crippen LogP contribution is -1.89. The normalized spacial score (nSPS) is 8.58. The summed E-state index contributed by atoms with van der Waals surface area (Å²) in [6.07, 6.45) is 0.981. The number of hydrogen-bond donors (Lipinski definition) is 2. The Bertz CT molecular complexity index is 211. The van der Waals surface area contributed by atoms with Crippen molar-refractivity contribution < 1.29 is 5.11 Å². The van der Waals surface area contributed by atoms with Crippen LogP contribution < -0.4 is 5.32 Å². The van der Waals surface area contributed by atoms with E-state index < -0.39 is 0 Å². The number of phenolic OH excluding ortho intramolecular Hbond substituents is 1. The van der Waals surface area contributed by atoms with Crippen LogP contribution in [0.3, 0.4) is 0 Å². The Kier molecular flexibility index (Phi) is 6.11. The van der Waals surface area contributed by atoms with E-state index in [9.17, 15) is 0 Å². The largest absolute Gasteiger partial charge is 0.508 e. The van der Waals surface area contributed by atoms with Crippen molar-refractivity contribution in [2.75, 3.05) is 14.1 Å². The summed E-state index contributed by atoms with van der Waals surface area (Å²) in [6, 6.07) is 7.31. The molecule has 2 heteroatoms. The predicted octanol–water partition coefficient (Wildman–Crippen LogP) is 1.79. The molecule has 1 aromatic carbocycles. The highest BCUT2D eigenvalue weighted by Gasteiger charge is 1.87. The van der Waals surface area contributed by atoms with Gasteiger partial charge >= 0.3 is 0 Å². The van der Waals surface area contributed by atoms with Crippen LogP contribution in [0.4, 0.5) is 0 Å². The fourth-order valence-electron chi connectivity index (χ4n) is 0.776. The van der Waals surface area contributed by atoms with Crippen molar-refractivity contribution >= 4 is 0 Å². The molecule has 2 N–H and O–H groups in total. The number of phenols is 1. The lowest BCUT2D eigenvalue weighted by atomic mass is 10.2. The monoisotopic (exact) mass is 167 g/mol. The van der Waals surface area contributed by atoms with Crippen LogP contribution >= 0.6 is 0 Å². The van der Waals surface area contributed by atoms with Crippen LogP contribution in [0.15, 0.2) is 24.3 Å². The summed E-state index contributed by atoms with van der Waals surface area (Å²) in [7, 11) is 3.75. The molecule has 0 spiro atoms. The summed E-state index contributed by atoms with van der Waals surface area (Å²) < 4.78 is 0. The van der Waals surface area contributed by atoms with Gasteiger partial charge in [0.15, 0.2) is 0 Å². The number of rotatable bonds is 1. The molecule has 0 atom stereocenters. The summed E-state index contributed by atoms with van der Waals surface area (Å²) in [6.45, 7) is 2.06. The van der Waals surface area contributed by atoms with E-state index in [0.29, 0.717) is 5.75 Å². The quantitative estimate of drug-likeness (QED) is 0.668. The molecule has 0 aliphatic rings. The SMILES string of the molecule is CCc1cccc(O)c1.CNC. The minimum Gasteiger partial charge on any atom is -0.508 e. The lowest BCUT2D eigenvalue weighted by Gasteiger charge is -1.94. The molecule has 12 heavy (non-hydrogen) atoms. The molecule has 0 aromatic heterocycles. The predicted molar refractivity (Wildman–Crippen MR) is 52.5 cm³/mol. The molecular weight excluding hydrogens is 150 g/mol. The van der Waals surface area contributed by atoms with Gasteiger partial charge in [0.2, 0.25) is 0 Å². The molecule has 0 bridgehead atoms. The molecule has 0 saturated heterocycles. The third kappa shape index (κ3) is 4.74. The van der Waals surface area contributed by atoms with E-state index in [1.54, 1.807) is 12.1 Å². The van der Waals surface area contributed by atoms with Gasteiger partial charge in [-0.2, -0.15) is 0 Å². The maximum atomic E-state index is 8.94. The minimum absolute atomic E-state index is 0.356. The molecular formula is C10H17NO. The maximum absolute atomic E-state index is 8.94. The molecule has 0 heterocycles. The van der Waals surface area contributed by atoms with Crippen LogP contribution in [0.1, 0.15) is 12.5 Å². The molecule has 1 rings (SSSR count). The van der Waals surface area contributed by atoms with E-state index in [0.717, 1.165) is 6.42 Å². The van der Waals surface area contributed by atoms with Gasteiger partial charge < -0.3 is 10.4 Å². The first kappa shape index (κ1) is 11.0. The fraction of sp³-hybridized carbons (Fsp3) is 0.400. The molecule has 0 aliphatic carbocycles. The summed E-state index contributed by atoms with van der Waals surface area (Å²) in [5.41, 5.74) is 1.18. The summed E-state index contributed by atoms with van der Waals surface area (Å²) in [5.74, 6) is 0.356. The van der Waals surface area contributed by atoms with Crippen LogP contribution in [-0.4, -0.2) is 19.2 Å². The third-order valence-corrected chi connectivity index (χ3v) is 1.32. The van der Waals surface area contributed by atoms with E-state index in [1.165, 1.54) is 5.56 Å². The van der Waals surface area contributed by atoms with Gasteiger partial charge in [-0.05, 0) is 38.2 Å². The lowest BCUT2D eigenvalue weighted by molar-refractivity contribution is 0.474. The zero-order chi connectivity index (χ0) is 9.40. The van der Waals surface area contributed by atoms with Crippen LogP contribution in [-0.2, 0) is 6.42 Å². The van der Waals surface area contributed by atoms with Gasteiger partial charge in [-0.15, -0.1) is 0 Å². The Morgan fingerprint density at radius 3 is 2.25 bits per heavy atom. The molecule has 1 aromatic rings. The Morgan fingerprint density at radius 1 is 1.33 bits per heavy atom. The van der Waals surface area contributed by atoms with Crippen LogP contribution in [0.5, 0.6) is 5.75 Å². The van der Waals surface area contributed by atoms with Gasteiger partial charge in [0.1, 0.15) is 5.75 Å². The minimum atomic E-state index is 0.356. The van der Waals surface area contributed by atoms with E-state index in [4.69, 9.17) is 5.11 Å². The van der Waals surface area contributed by atoms with E-state index in [2.05, 4.69) is 12.2 Å². The number of aromatic hydroxyl groups is 1. The Balaban J connectivity index is 0.000000354. The van der Waals surface area contributed by atoms with Crippen molar-refractivity contribution in [1.29, 1.82) is 0 Å². The first-order valence-corrected chi connectivity index (χ1v) is 4.11. The Hall–Kier alpha value is -1.02. The maximum Gasteiger partial charge on any atom is 0.115 e. The first-order valence-electron chi connectivity index (χ1n) is 4.11. The van der Waals surface area contributed by atoms with E-state index in [-0.39, 0.29) is 0 Å². The topological polar surface area (TPSA) is 32.3 Å². The van der Waals surface area contributed by atoms with Gasteiger partial charge in [-0.25, -0.2) is 0 Å². The second-order valence-corrected chi connectivity index (χ2v) is 2.52. The van der Waals surface area contributed by atoms with Crippen molar-refractivity contribution in [3.63, 3.8) is 0 Å². The summed E-state index contributed by atoms with van der Waals surface area (Å²) in [4.78, 5) is 0. The Labute approximate surface area is 74.2 Å². The molecule has 2 nitrogen and oxygen atoms in total. The molecule has 0 saturated carbocycles. The van der Waals surface area contributed by atoms with Gasteiger partial charge in [0, 0.05) is 0 Å². The van der Waals surface area contributed by atoms with Crippen LogP contribution in [0.2, 0.25) is 0 Å². The average Bonchev–Trinajstić information content (AvgIpc) is 2.06. The molecule has 0 radical (unpaired) electrons. The number of hydrogen-bond acceptors (Lipinski definition) is 2. The number of nitrogens with one attached hydrogen (secondary N) is 1. The van der Waals surface area contributed by atoms with Crippen molar-refractivity contribution in [1.82, 2.24) is 5.32 Å². The fourth-order valence-corrected chi connectivity index (χ4v) is 0.776. The smallest absolute Gasteiger partial charge is 0.115 e. The third-order valence-electron chi connectivity index (χ3n) is 1.32. The van der Waals surface area contributed by atoms with E-state index in [1.807, 2.05) is 26.2 Å². The summed E-state index contributed by atoms with van der Waals surface area (Å²) >= 11 is 0. The highest BCUT2D eigenvalue weighted by atomic mass is 16.3. The molecule has 0 amide bonds. The van der Waals surface area contributed by atoms with Crippen molar-refractivity contribution in [2.24, 2.45) is 0 Å². The van der Waals surface area contributed by atoms with Crippen LogP contribution in [0, 0.1) is 0 Å². The highest BCUT2D eigenvalue weighted by Crippen LogP contribution is 2.10. The molecule has 68 valence electrons. The van der Waals surface area contributed by atoms with Gasteiger partial charge in [0.05, 0.1) is 0 Å². The Morgan fingerprint density at radius 2 is 1.92 bits per heavy atom. The summed E-state index contributed by atoms with van der Waals surface area (Å²) in [5, 5.41) is 11.7. The second-order valence-electron chi connectivity index (χ2n) is 2.52. The van der Waals surface area contributed by atoms with Crippen molar-refractivity contribution in [3.8, 4) is 5.75 Å². The first-order chi connectivity index (χ1) is 5.74. The molecule has 0 aliphatic heterocycles. The van der Waals surface area contributed by atoms with Crippen LogP contribution in [0.25, 0.3) is 0 Å². The standard InChI is InChI=1S/C8H10O.C2H7N/c1-2-7-4-3-5-8(9)6-7;1-3-2/h3-6,9H,2H2,1H3;3H,1-2H3.